The quantitative estimate of drug-likeness (QED) is 0.156. The van der Waals surface area contributed by atoms with Gasteiger partial charge in [0.25, 0.3) is 0 Å². The number of nitrogens with zero attached hydrogens (tertiary/aromatic N) is 2. The first-order valence-corrected chi connectivity index (χ1v) is 25.2. The van der Waals surface area contributed by atoms with Crippen molar-refractivity contribution >= 4 is 61.4 Å². The molecular formula is C66H55BN2. The summed E-state index contributed by atoms with van der Waals surface area (Å²) in [6.45, 7) is 18.2. The summed E-state index contributed by atoms with van der Waals surface area (Å²) < 4.78 is 5.51. The van der Waals surface area contributed by atoms with Crippen LogP contribution in [0.3, 0.4) is 0 Å². The molecule has 2 aliphatic heterocycles. The molecule has 11 aromatic rings. The zero-order valence-electron chi connectivity index (χ0n) is 41.1. The topological polar surface area (TPSA) is 9.86 Å². The molecule has 0 atom stereocenters. The minimum absolute atomic E-state index is 0.0338. The van der Waals surface area contributed by atoms with Crippen LogP contribution in [0.15, 0.2) is 140 Å². The van der Waals surface area contributed by atoms with E-state index in [1.807, 2.05) is 0 Å². The van der Waals surface area contributed by atoms with E-state index in [2.05, 4.69) is 204 Å². The third kappa shape index (κ3) is 5.56. The Labute approximate surface area is 406 Å². The van der Waals surface area contributed by atoms with Gasteiger partial charge in [0.05, 0.1) is 11.0 Å². The summed E-state index contributed by atoms with van der Waals surface area (Å²) in [5.74, 6) is 0. The van der Waals surface area contributed by atoms with Gasteiger partial charge in [-0.3, -0.25) is 0 Å². The van der Waals surface area contributed by atoms with E-state index in [9.17, 15) is 0 Å². The maximum atomic E-state index is 2.80. The molecule has 0 fully saturated rings. The van der Waals surface area contributed by atoms with Gasteiger partial charge >= 0.3 is 6.85 Å². The second-order valence-electron chi connectivity index (χ2n) is 21.0. The molecule has 14 rings (SSSR count). The average molecular weight is 887 g/mol. The van der Waals surface area contributed by atoms with Gasteiger partial charge < -0.3 is 9.05 Å². The largest absolute Gasteiger partial charge is 0.375 e. The van der Waals surface area contributed by atoms with Gasteiger partial charge in [0.1, 0.15) is 0 Å². The lowest BCUT2D eigenvalue weighted by molar-refractivity contribution is 0.687. The van der Waals surface area contributed by atoms with Crippen LogP contribution in [0.5, 0.6) is 0 Å². The van der Waals surface area contributed by atoms with Crippen molar-refractivity contribution in [2.24, 2.45) is 0 Å². The molecule has 0 bridgehead atoms. The highest BCUT2D eigenvalue weighted by atomic mass is 15.0. The molecule has 2 nitrogen and oxygen atoms in total. The minimum atomic E-state index is -0.0338. The number of hydrogen-bond donors (Lipinski definition) is 0. The summed E-state index contributed by atoms with van der Waals surface area (Å²) in [5, 5.41) is 5.33. The Morgan fingerprint density at radius 1 is 0.391 bits per heavy atom. The molecule has 0 unspecified atom stereocenters. The van der Waals surface area contributed by atoms with E-state index in [4.69, 9.17) is 0 Å². The van der Waals surface area contributed by atoms with Crippen LogP contribution in [-0.2, 0) is 12.8 Å². The van der Waals surface area contributed by atoms with E-state index in [0.29, 0.717) is 0 Å². The zero-order chi connectivity index (χ0) is 46.7. The summed E-state index contributed by atoms with van der Waals surface area (Å²) in [4.78, 5) is 0. The minimum Gasteiger partial charge on any atom is -0.375 e. The first-order valence-electron chi connectivity index (χ1n) is 25.2. The Morgan fingerprint density at radius 3 is 1.39 bits per heavy atom. The number of hydrogen-bond acceptors (Lipinski definition) is 0. The van der Waals surface area contributed by atoms with Crippen LogP contribution in [0, 0.1) is 55.4 Å². The normalized spacial score (nSPS) is 13.5. The Balaban J connectivity index is 1.19. The van der Waals surface area contributed by atoms with E-state index in [0.717, 1.165) is 12.8 Å². The molecule has 4 heterocycles. The lowest BCUT2D eigenvalue weighted by Gasteiger charge is -2.37. The summed E-state index contributed by atoms with van der Waals surface area (Å²) in [6, 6.07) is 54.8. The molecular weight excluding hydrogens is 832 g/mol. The van der Waals surface area contributed by atoms with Crippen molar-refractivity contribution in [1.82, 2.24) is 9.05 Å². The standard InChI is InChI=1S/C66H55BN2/c1-36-15-11-16-37(2)59(36)45-25-27-56-50(29-45)53-32-48(62-42(7)21-14-22-43(62)8)34-55-66(53)68(56)58-35-44-23-9-10-24-49(44)63-54-33-47(61-40(5)19-13-20-41(61)6)31-52-51-30-46(60-38(3)17-12-18-39(60)4)26-28-57(51)69(65(52)54)67(55)64(58)63/h11-22,25-35H,9-10,23-24H2,1-8H3. The van der Waals surface area contributed by atoms with Crippen molar-refractivity contribution < 1.29 is 0 Å². The van der Waals surface area contributed by atoms with Gasteiger partial charge in [0.15, 0.2) is 0 Å². The Morgan fingerprint density at radius 2 is 0.841 bits per heavy atom. The molecule has 332 valence electrons. The van der Waals surface area contributed by atoms with Gasteiger partial charge in [0, 0.05) is 43.8 Å². The van der Waals surface area contributed by atoms with Crippen molar-refractivity contribution in [3.63, 3.8) is 0 Å². The van der Waals surface area contributed by atoms with Crippen LogP contribution in [-0.4, -0.2) is 15.9 Å². The number of aromatic nitrogens is 2. The molecule has 0 N–H and O–H groups in total. The highest BCUT2D eigenvalue weighted by Crippen LogP contribution is 2.50. The predicted octanol–water partition coefficient (Wildman–Crippen LogP) is 15.9. The van der Waals surface area contributed by atoms with Crippen LogP contribution < -0.4 is 10.9 Å². The van der Waals surface area contributed by atoms with Gasteiger partial charge in [-0.25, -0.2) is 0 Å². The number of rotatable bonds is 4. The van der Waals surface area contributed by atoms with E-state index < -0.39 is 0 Å². The van der Waals surface area contributed by atoms with Gasteiger partial charge in [-0.1, -0.05) is 91.0 Å². The molecule has 2 aromatic heterocycles. The van der Waals surface area contributed by atoms with Crippen LogP contribution in [0.25, 0.3) is 105 Å². The Bertz CT molecular complexity index is 4030. The Kier molecular flexibility index (Phi) is 8.60. The van der Waals surface area contributed by atoms with Crippen molar-refractivity contribution in [2.45, 2.75) is 81.1 Å². The third-order valence-corrected chi connectivity index (χ3v) is 16.9. The van der Waals surface area contributed by atoms with Crippen LogP contribution in [0.2, 0.25) is 0 Å². The Hall–Kier alpha value is -7.36. The highest BCUT2D eigenvalue weighted by Gasteiger charge is 2.44. The molecule has 3 aliphatic rings. The fraction of sp³-hybridized carbons (Fsp3) is 0.182. The third-order valence-electron chi connectivity index (χ3n) is 16.9. The van der Waals surface area contributed by atoms with Gasteiger partial charge in [-0.15, -0.1) is 0 Å². The highest BCUT2D eigenvalue weighted by molar-refractivity contribution is 6.90. The second-order valence-corrected chi connectivity index (χ2v) is 21.0. The van der Waals surface area contributed by atoms with Crippen LogP contribution in [0.4, 0.5) is 0 Å². The monoisotopic (exact) mass is 886 g/mol. The van der Waals surface area contributed by atoms with Gasteiger partial charge in [0.2, 0.25) is 0 Å². The fourth-order valence-electron chi connectivity index (χ4n) is 14.1. The molecule has 0 spiro atoms. The molecule has 0 radical (unpaired) electrons. The molecule has 0 saturated carbocycles. The van der Waals surface area contributed by atoms with E-state index in [-0.39, 0.29) is 6.85 Å². The van der Waals surface area contributed by atoms with E-state index in [1.165, 1.54) is 179 Å². The van der Waals surface area contributed by atoms with Crippen molar-refractivity contribution in [1.29, 1.82) is 0 Å². The first kappa shape index (κ1) is 40.7. The lowest BCUT2D eigenvalue weighted by atomic mass is 9.44. The lowest BCUT2D eigenvalue weighted by Crippen LogP contribution is -2.55. The molecule has 69 heavy (non-hydrogen) atoms. The maximum Gasteiger partial charge on any atom is 0.333 e. The van der Waals surface area contributed by atoms with Crippen LogP contribution in [0.1, 0.15) is 68.5 Å². The first-order chi connectivity index (χ1) is 33.5. The van der Waals surface area contributed by atoms with Gasteiger partial charge in [-0.2, -0.15) is 0 Å². The molecule has 0 saturated heterocycles. The summed E-state index contributed by atoms with van der Waals surface area (Å²) in [7, 11) is 0. The van der Waals surface area contributed by atoms with E-state index >= 15 is 0 Å². The second kappa shape index (κ2) is 14.6. The van der Waals surface area contributed by atoms with Crippen LogP contribution >= 0.6 is 0 Å². The molecule has 1 aliphatic carbocycles. The van der Waals surface area contributed by atoms with Crippen molar-refractivity contribution in [3.8, 4) is 61.3 Å². The summed E-state index contributed by atoms with van der Waals surface area (Å²) >= 11 is 0. The van der Waals surface area contributed by atoms with Crippen molar-refractivity contribution in [3.05, 3.63) is 195 Å². The summed E-state index contributed by atoms with van der Waals surface area (Å²) in [5.41, 5.74) is 36.5. The summed E-state index contributed by atoms with van der Waals surface area (Å²) in [6.07, 6.45) is 4.66. The van der Waals surface area contributed by atoms with Crippen molar-refractivity contribution in [2.75, 3.05) is 0 Å². The number of benzene rings is 9. The fourth-order valence-corrected chi connectivity index (χ4v) is 14.1. The number of fused-ring (bicyclic) bond motifs is 12. The number of aryl methyl sites for hydroxylation is 9. The molecule has 3 heteroatoms. The predicted molar refractivity (Wildman–Crippen MR) is 296 cm³/mol. The van der Waals surface area contributed by atoms with E-state index in [1.54, 1.807) is 5.56 Å². The average Bonchev–Trinajstić information content (AvgIpc) is 3.83. The molecule has 0 amide bonds. The smallest absolute Gasteiger partial charge is 0.333 e. The maximum absolute atomic E-state index is 2.80. The van der Waals surface area contributed by atoms with Gasteiger partial charge in [-0.05, 0) is 246 Å². The zero-order valence-corrected chi connectivity index (χ0v) is 41.1. The molecule has 9 aromatic carbocycles. The SMILES string of the molecule is Cc1cccc(C)c1-c1ccc2c(c1)c1cc(-c3c(C)cccc3C)cc3c1n2B1c2c(cc4c(c2-3)CCCC4)-n2c3ccc(-c4c(C)cccc4C)cc3c3cc(-c4c(C)cccc4C)cc1c32.